The number of halogens is 1. The van der Waals surface area contributed by atoms with Crippen LogP contribution in [0.3, 0.4) is 0 Å². The van der Waals surface area contributed by atoms with E-state index < -0.39 is 11.7 Å². The molecule has 2 heterocycles. The lowest BCUT2D eigenvalue weighted by Gasteiger charge is -2.23. The largest absolute Gasteiger partial charge is 0.444 e. The maximum Gasteiger partial charge on any atom is 0.407 e. The lowest BCUT2D eigenvalue weighted by molar-refractivity contribution is -0.116. The zero-order valence-corrected chi connectivity index (χ0v) is 20.6. The van der Waals surface area contributed by atoms with Crippen LogP contribution in [-0.2, 0) is 9.53 Å². The van der Waals surface area contributed by atoms with Crippen molar-refractivity contribution in [3.8, 4) is 0 Å². The number of guanidine groups is 1. The molecule has 3 N–H and O–H groups in total. The van der Waals surface area contributed by atoms with Crippen LogP contribution >= 0.6 is 24.0 Å². The molecule has 168 valence electrons. The zero-order chi connectivity index (χ0) is 21.4. The maximum absolute atomic E-state index is 12.1. The van der Waals surface area contributed by atoms with Crippen molar-refractivity contribution in [3.63, 3.8) is 0 Å². The van der Waals surface area contributed by atoms with Gasteiger partial charge in [0.05, 0.1) is 6.04 Å². The van der Waals surface area contributed by atoms with Crippen LogP contribution in [0.15, 0.2) is 23.3 Å². The Hall–Kier alpha value is -2.11. The van der Waals surface area contributed by atoms with Crippen LogP contribution in [0.4, 0.5) is 10.6 Å². The highest BCUT2D eigenvalue weighted by molar-refractivity contribution is 14.0. The van der Waals surface area contributed by atoms with Gasteiger partial charge in [0.1, 0.15) is 11.4 Å². The first-order valence-electron chi connectivity index (χ1n) is 9.84. The Morgan fingerprint density at radius 2 is 2.07 bits per heavy atom. The number of hydrogen-bond acceptors (Lipinski definition) is 5. The first-order chi connectivity index (χ1) is 13.7. The summed E-state index contributed by atoms with van der Waals surface area (Å²) in [5, 5.41) is 8.87. The van der Waals surface area contributed by atoms with Gasteiger partial charge in [-0.25, -0.2) is 9.78 Å². The molecule has 9 nitrogen and oxygen atoms in total. The fraction of sp³-hybridized carbons (Fsp3) is 0.600. The van der Waals surface area contributed by atoms with Crippen molar-refractivity contribution in [2.75, 3.05) is 32.0 Å². The number of likely N-dealkylation sites (tertiary alicyclic amines) is 1. The SMILES string of the molecule is CN=C(NCCC(=O)Nc1ccc(C)cn1)N1CCC(NC(=O)OC(C)(C)C)C1.I. The molecular formula is C20H33IN6O3. The minimum atomic E-state index is -0.519. The number of alkyl carbamates (subject to hydrolysis) is 1. The predicted molar refractivity (Wildman–Crippen MR) is 128 cm³/mol. The van der Waals surface area contributed by atoms with Gasteiger partial charge in [-0.05, 0) is 45.7 Å². The smallest absolute Gasteiger partial charge is 0.407 e. The second-order valence-corrected chi connectivity index (χ2v) is 8.07. The summed E-state index contributed by atoms with van der Waals surface area (Å²) >= 11 is 0. The van der Waals surface area contributed by atoms with E-state index in [0.717, 1.165) is 18.5 Å². The lowest BCUT2D eigenvalue weighted by atomic mass is 10.2. The molecule has 30 heavy (non-hydrogen) atoms. The molecule has 10 heteroatoms. The van der Waals surface area contributed by atoms with Crippen LogP contribution in [0.25, 0.3) is 0 Å². The van der Waals surface area contributed by atoms with Crippen LogP contribution in [0.2, 0.25) is 0 Å². The van der Waals surface area contributed by atoms with Crippen molar-refractivity contribution in [2.45, 2.75) is 52.2 Å². The first-order valence-corrected chi connectivity index (χ1v) is 9.84. The first kappa shape index (κ1) is 25.9. The molecule has 1 fully saturated rings. The molecule has 0 aliphatic carbocycles. The highest BCUT2D eigenvalue weighted by Gasteiger charge is 2.27. The molecule has 1 aromatic rings. The van der Waals surface area contributed by atoms with Crippen molar-refractivity contribution in [3.05, 3.63) is 23.9 Å². The quantitative estimate of drug-likeness (QED) is 0.306. The second kappa shape index (κ2) is 11.9. The number of hydrogen-bond donors (Lipinski definition) is 3. The van der Waals surface area contributed by atoms with E-state index in [9.17, 15) is 9.59 Å². The van der Waals surface area contributed by atoms with Gasteiger partial charge < -0.3 is 25.6 Å². The summed E-state index contributed by atoms with van der Waals surface area (Å²) in [4.78, 5) is 34.5. The third kappa shape index (κ3) is 9.14. The van der Waals surface area contributed by atoms with Crippen molar-refractivity contribution < 1.29 is 14.3 Å². The molecule has 1 unspecified atom stereocenters. The van der Waals surface area contributed by atoms with Gasteiger partial charge in [0, 0.05) is 39.3 Å². The molecule has 2 rings (SSSR count). The van der Waals surface area contributed by atoms with Gasteiger partial charge in [-0.15, -0.1) is 24.0 Å². The number of aliphatic imine (C=N–C) groups is 1. The highest BCUT2D eigenvalue weighted by atomic mass is 127. The molecule has 1 aliphatic heterocycles. The normalized spacial score (nSPS) is 16.5. The van der Waals surface area contributed by atoms with E-state index >= 15 is 0 Å². The van der Waals surface area contributed by atoms with Crippen molar-refractivity contribution in [1.29, 1.82) is 0 Å². The van der Waals surface area contributed by atoms with Crippen LogP contribution in [0.1, 0.15) is 39.2 Å². The molecule has 1 saturated heterocycles. The van der Waals surface area contributed by atoms with E-state index in [2.05, 4.69) is 30.8 Å². The summed E-state index contributed by atoms with van der Waals surface area (Å²) in [6.07, 6.45) is 2.40. The van der Waals surface area contributed by atoms with Crippen LogP contribution in [-0.4, -0.2) is 66.2 Å². The van der Waals surface area contributed by atoms with Crippen molar-refractivity contribution >= 4 is 47.8 Å². The summed E-state index contributed by atoms with van der Waals surface area (Å²) in [6, 6.07) is 3.68. The molecular weight excluding hydrogens is 499 g/mol. The number of aryl methyl sites for hydroxylation is 1. The van der Waals surface area contributed by atoms with Crippen LogP contribution in [0.5, 0.6) is 0 Å². The van der Waals surface area contributed by atoms with E-state index in [1.165, 1.54) is 0 Å². The Morgan fingerprint density at radius 3 is 2.67 bits per heavy atom. The van der Waals surface area contributed by atoms with Crippen LogP contribution in [0, 0.1) is 6.92 Å². The highest BCUT2D eigenvalue weighted by Crippen LogP contribution is 2.12. The number of carbonyl (C=O) groups is 2. The number of amides is 2. The summed E-state index contributed by atoms with van der Waals surface area (Å²) in [7, 11) is 1.70. The third-order valence-corrected chi connectivity index (χ3v) is 4.23. The molecule has 0 aromatic carbocycles. The standard InChI is InChI=1S/C20H32N6O3.HI/c1-14-6-7-16(23-12-14)25-17(27)8-10-22-18(21-5)26-11-9-15(13-26)24-19(28)29-20(2,3)4;/h6-7,12,15H,8-11,13H2,1-5H3,(H,21,22)(H,24,28)(H,23,25,27);1H. The van der Waals surface area contributed by atoms with Gasteiger partial charge in [0.25, 0.3) is 0 Å². The number of rotatable bonds is 5. The van der Waals surface area contributed by atoms with Crippen molar-refractivity contribution in [2.24, 2.45) is 4.99 Å². The fourth-order valence-electron chi connectivity index (χ4n) is 2.91. The molecule has 0 bridgehead atoms. The van der Waals surface area contributed by atoms with E-state index in [-0.39, 0.29) is 35.9 Å². The van der Waals surface area contributed by atoms with Gasteiger partial charge >= 0.3 is 6.09 Å². The van der Waals surface area contributed by atoms with Gasteiger partial charge in [-0.2, -0.15) is 0 Å². The summed E-state index contributed by atoms with van der Waals surface area (Å²) in [6.45, 7) is 9.31. The van der Waals surface area contributed by atoms with Gasteiger partial charge in [-0.3, -0.25) is 9.79 Å². The summed E-state index contributed by atoms with van der Waals surface area (Å²) in [5.74, 6) is 1.13. The molecule has 0 radical (unpaired) electrons. The molecule has 1 aromatic heterocycles. The van der Waals surface area contributed by atoms with E-state index in [0.29, 0.717) is 31.3 Å². The molecule has 2 amide bonds. The number of nitrogens with zero attached hydrogens (tertiary/aromatic N) is 3. The Balaban J connectivity index is 0.00000450. The average Bonchev–Trinajstić information content (AvgIpc) is 3.07. The number of pyridine rings is 1. The predicted octanol–water partition coefficient (Wildman–Crippen LogP) is 2.51. The number of carbonyl (C=O) groups excluding carboxylic acids is 2. The fourth-order valence-corrected chi connectivity index (χ4v) is 2.91. The Kier molecular flexibility index (Phi) is 10.3. The van der Waals surface area contributed by atoms with E-state index in [1.54, 1.807) is 19.3 Å². The number of anilines is 1. The minimum absolute atomic E-state index is 0. The van der Waals surface area contributed by atoms with Gasteiger partial charge in [0.15, 0.2) is 5.96 Å². The maximum atomic E-state index is 12.1. The molecule has 0 spiro atoms. The molecule has 1 aliphatic rings. The average molecular weight is 532 g/mol. The molecule has 1 atom stereocenters. The number of aromatic nitrogens is 1. The minimum Gasteiger partial charge on any atom is -0.444 e. The lowest BCUT2D eigenvalue weighted by Crippen LogP contribution is -2.44. The van der Waals surface area contributed by atoms with Crippen molar-refractivity contribution in [1.82, 2.24) is 20.5 Å². The number of nitrogens with one attached hydrogen (secondary N) is 3. The monoisotopic (exact) mass is 532 g/mol. The zero-order valence-electron chi connectivity index (χ0n) is 18.3. The van der Waals surface area contributed by atoms with Gasteiger partial charge in [0.2, 0.25) is 5.91 Å². The summed E-state index contributed by atoms with van der Waals surface area (Å²) < 4.78 is 5.30. The van der Waals surface area contributed by atoms with Gasteiger partial charge in [-0.1, -0.05) is 6.07 Å². The van der Waals surface area contributed by atoms with E-state index in [1.807, 2.05) is 33.8 Å². The van der Waals surface area contributed by atoms with E-state index in [4.69, 9.17) is 4.74 Å². The number of ether oxygens (including phenoxy) is 1. The Bertz CT molecular complexity index is 733. The van der Waals surface area contributed by atoms with Crippen LogP contribution < -0.4 is 16.0 Å². The Labute approximate surface area is 195 Å². The molecule has 0 saturated carbocycles. The topological polar surface area (TPSA) is 108 Å². The Morgan fingerprint density at radius 1 is 1.33 bits per heavy atom. The summed E-state index contributed by atoms with van der Waals surface area (Å²) in [5.41, 5.74) is 0.521. The second-order valence-electron chi connectivity index (χ2n) is 8.07. The third-order valence-electron chi connectivity index (χ3n) is 4.23.